The number of benzene rings is 1. The molecule has 0 saturated carbocycles. The van der Waals surface area contributed by atoms with Crippen LogP contribution in [0, 0.1) is 0 Å². The van der Waals surface area contributed by atoms with E-state index < -0.39 is 15.6 Å². The Balaban J connectivity index is 2.93. The highest BCUT2D eigenvalue weighted by Gasteiger charge is 2.27. The van der Waals surface area contributed by atoms with Gasteiger partial charge in [-0.2, -0.15) is 0 Å². The normalized spacial score (nSPS) is 15.0. The molecule has 120 valence electrons. The summed E-state index contributed by atoms with van der Waals surface area (Å²) in [5.41, 5.74) is -1.26. The average Bonchev–Trinajstić information content (AvgIpc) is 2.33. The topological polar surface area (TPSA) is 75.6 Å². The molecule has 1 aromatic carbocycles. The Labute approximate surface area is 139 Å². The van der Waals surface area contributed by atoms with E-state index in [1.807, 2.05) is 0 Å². The van der Waals surface area contributed by atoms with Crippen molar-refractivity contribution in [2.75, 3.05) is 20.3 Å². The molecule has 0 bridgehead atoms. The Morgan fingerprint density at radius 1 is 1.29 bits per heavy atom. The second-order valence-corrected chi connectivity index (χ2v) is 7.72. The summed E-state index contributed by atoms with van der Waals surface area (Å²) in [7, 11) is -2.48. The Bertz CT molecular complexity index is 582. The predicted molar refractivity (Wildman–Crippen MR) is 83.8 cm³/mol. The summed E-state index contributed by atoms with van der Waals surface area (Å²) in [6.07, 6.45) is 0.272. The first-order chi connectivity index (χ1) is 9.59. The third kappa shape index (κ3) is 5.56. The number of sulfonamides is 1. The maximum Gasteiger partial charge on any atom is 0.243 e. The molecule has 1 aromatic rings. The van der Waals surface area contributed by atoms with Gasteiger partial charge in [0.15, 0.2) is 0 Å². The molecule has 9 heteroatoms. The van der Waals surface area contributed by atoms with Crippen molar-refractivity contribution in [1.82, 2.24) is 4.72 Å². The van der Waals surface area contributed by atoms with Gasteiger partial charge in [0.25, 0.3) is 0 Å². The molecule has 0 amide bonds. The van der Waals surface area contributed by atoms with Crippen LogP contribution in [0.25, 0.3) is 0 Å². The molecule has 0 saturated heterocycles. The molecule has 0 aliphatic rings. The van der Waals surface area contributed by atoms with E-state index in [9.17, 15) is 13.5 Å². The quantitative estimate of drug-likeness (QED) is 0.767. The van der Waals surface area contributed by atoms with Crippen LogP contribution in [0.3, 0.4) is 0 Å². The van der Waals surface area contributed by atoms with Gasteiger partial charge in [0.05, 0.1) is 15.6 Å². The van der Waals surface area contributed by atoms with Crippen LogP contribution in [0.15, 0.2) is 17.0 Å². The van der Waals surface area contributed by atoms with E-state index in [0.29, 0.717) is 6.61 Å². The van der Waals surface area contributed by atoms with E-state index in [1.54, 1.807) is 0 Å². The fraction of sp³-hybridized carbons (Fsp3) is 0.500. The highest BCUT2D eigenvalue weighted by atomic mass is 35.5. The van der Waals surface area contributed by atoms with Crippen LogP contribution >= 0.6 is 34.8 Å². The monoisotopic (exact) mass is 375 g/mol. The van der Waals surface area contributed by atoms with E-state index in [1.165, 1.54) is 26.2 Å². The first kappa shape index (κ1) is 19.0. The molecule has 1 atom stereocenters. The molecule has 0 aromatic heterocycles. The van der Waals surface area contributed by atoms with Gasteiger partial charge in [0.1, 0.15) is 4.90 Å². The summed E-state index contributed by atoms with van der Waals surface area (Å²) in [5, 5.41) is 10.1. The summed E-state index contributed by atoms with van der Waals surface area (Å²) in [6, 6.07) is 2.57. The maximum absolute atomic E-state index is 12.2. The minimum absolute atomic E-state index is 0.0865. The zero-order valence-electron chi connectivity index (χ0n) is 11.5. The molecule has 0 aliphatic heterocycles. The number of hydrogen-bond donors (Lipinski definition) is 2. The minimum atomic E-state index is -3.97. The zero-order valence-corrected chi connectivity index (χ0v) is 14.6. The van der Waals surface area contributed by atoms with E-state index in [4.69, 9.17) is 39.5 Å². The number of methoxy groups -OCH3 is 1. The lowest BCUT2D eigenvalue weighted by atomic mass is 10.0. The van der Waals surface area contributed by atoms with Gasteiger partial charge in [-0.15, -0.1) is 0 Å². The molecule has 5 nitrogen and oxygen atoms in total. The van der Waals surface area contributed by atoms with Crippen molar-refractivity contribution in [3.05, 3.63) is 27.2 Å². The third-order valence-corrected chi connectivity index (χ3v) is 5.26. The molecule has 1 rings (SSSR count). The van der Waals surface area contributed by atoms with Crippen molar-refractivity contribution in [1.29, 1.82) is 0 Å². The number of halogens is 3. The van der Waals surface area contributed by atoms with Crippen LogP contribution in [0.4, 0.5) is 0 Å². The maximum atomic E-state index is 12.2. The lowest BCUT2D eigenvalue weighted by Crippen LogP contribution is -2.41. The molecule has 21 heavy (non-hydrogen) atoms. The van der Waals surface area contributed by atoms with Crippen molar-refractivity contribution in [3.8, 4) is 0 Å². The molecule has 2 N–H and O–H groups in total. The standard InChI is InChI=1S/C12H16Cl3NO4S/c1-12(17,3-4-20-2)7-16-21(18,19)11-9(14)5-8(13)6-10(11)15/h5-6,16-17H,3-4,7H2,1-2H3. The Hall–Kier alpha value is -0.0800. The number of aliphatic hydroxyl groups is 1. The fourth-order valence-electron chi connectivity index (χ4n) is 1.52. The van der Waals surface area contributed by atoms with E-state index in [-0.39, 0.29) is 32.9 Å². The van der Waals surface area contributed by atoms with Crippen LogP contribution < -0.4 is 4.72 Å². The number of ether oxygens (including phenoxy) is 1. The van der Waals surface area contributed by atoms with Crippen molar-refractivity contribution in [2.24, 2.45) is 0 Å². The Morgan fingerprint density at radius 2 is 1.81 bits per heavy atom. The van der Waals surface area contributed by atoms with Crippen molar-refractivity contribution < 1.29 is 18.3 Å². The van der Waals surface area contributed by atoms with E-state index >= 15 is 0 Å². The van der Waals surface area contributed by atoms with Crippen LogP contribution in [0.1, 0.15) is 13.3 Å². The molecule has 0 fully saturated rings. The SMILES string of the molecule is COCCC(C)(O)CNS(=O)(=O)c1c(Cl)cc(Cl)cc1Cl. The van der Waals surface area contributed by atoms with Crippen LogP contribution in [0.2, 0.25) is 15.1 Å². The predicted octanol–water partition coefficient (Wildman–Crippen LogP) is 2.71. The van der Waals surface area contributed by atoms with Crippen molar-refractivity contribution in [3.63, 3.8) is 0 Å². The molecular weight excluding hydrogens is 361 g/mol. The smallest absolute Gasteiger partial charge is 0.243 e. The van der Waals surface area contributed by atoms with Crippen molar-refractivity contribution in [2.45, 2.75) is 23.8 Å². The van der Waals surface area contributed by atoms with Gasteiger partial charge in [-0.25, -0.2) is 13.1 Å². The zero-order chi connectivity index (χ0) is 16.3. The number of nitrogens with one attached hydrogen (secondary N) is 1. The van der Waals surface area contributed by atoms with Gasteiger partial charge >= 0.3 is 0 Å². The second kappa shape index (κ2) is 7.46. The Kier molecular flexibility index (Phi) is 6.74. The molecule has 1 unspecified atom stereocenters. The summed E-state index contributed by atoms with van der Waals surface area (Å²) in [4.78, 5) is -0.266. The lowest BCUT2D eigenvalue weighted by Gasteiger charge is -2.23. The summed E-state index contributed by atoms with van der Waals surface area (Å²) < 4.78 is 31.6. The number of hydrogen-bond acceptors (Lipinski definition) is 4. The highest BCUT2D eigenvalue weighted by molar-refractivity contribution is 7.89. The van der Waals surface area contributed by atoms with Gasteiger partial charge in [-0.1, -0.05) is 34.8 Å². The largest absolute Gasteiger partial charge is 0.389 e. The summed E-state index contributed by atoms with van der Waals surface area (Å²) in [6.45, 7) is 1.60. The highest BCUT2D eigenvalue weighted by Crippen LogP contribution is 2.32. The molecule has 0 radical (unpaired) electrons. The Morgan fingerprint density at radius 3 is 2.29 bits per heavy atom. The van der Waals surface area contributed by atoms with Gasteiger partial charge in [0, 0.05) is 31.7 Å². The fourth-order valence-corrected chi connectivity index (χ4v) is 4.22. The lowest BCUT2D eigenvalue weighted by molar-refractivity contribution is 0.0292. The third-order valence-electron chi connectivity index (χ3n) is 2.72. The van der Waals surface area contributed by atoms with Gasteiger partial charge in [-0.05, 0) is 19.1 Å². The first-order valence-electron chi connectivity index (χ1n) is 5.94. The molecule has 0 spiro atoms. The molecule has 0 aliphatic carbocycles. The van der Waals surface area contributed by atoms with Crippen LogP contribution in [0.5, 0.6) is 0 Å². The van der Waals surface area contributed by atoms with E-state index in [2.05, 4.69) is 4.72 Å². The van der Waals surface area contributed by atoms with E-state index in [0.717, 1.165) is 0 Å². The average molecular weight is 377 g/mol. The summed E-state index contributed by atoms with van der Waals surface area (Å²) >= 11 is 17.5. The van der Waals surface area contributed by atoms with Crippen molar-refractivity contribution >= 4 is 44.8 Å². The first-order valence-corrected chi connectivity index (χ1v) is 8.56. The van der Waals surface area contributed by atoms with Crippen LogP contribution in [-0.4, -0.2) is 39.4 Å². The van der Waals surface area contributed by atoms with Gasteiger partial charge in [-0.3, -0.25) is 0 Å². The van der Waals surface area contributed by atoms with Gasteiger partial charge < -0.3 is 9.84 Å². The number of rotatable bonds is 7. The second-order valence-electron chi connectivity index (χ2n) is 4.76. The van der Waals surface area contributed by atoms with Crippen LogP contribution in [-0.2, 0) is 14.8 Å². The minimum Gasteiger partial charge on any atom is -0.389 e. The summed E-state index contributed by atoms with van der Waals surface area (Å²) in [5.74, 6) is 0. The molecular formula is C12H16Cl3NO4S. The molecule has 0 heterocycles. The van der Waals surface area contributed by atoms with Gasteiger partial charge in [0.2, 0.25) is 10.0 Å².